The highest BCUT2D eigenvalue weighted by atomic mass is 79.9. The van der Waals surface area contributed by atoms with Gasteiger partial charge in [0.1, 0.15) is 50.3 Å². The Kier molecular flexibility index (Phi) is 10.1. The van der Waals surface area contributed by atoms with Crippen LogP contribution in [0.25, 0.3) is 132 Å². The van der Waals surface area contributed by atoms with Gasteiger partial charge in [0.25, 0.3) is 0 Å². The van der Waals surface area contributed by atoms with E-state index in [1.807, 2.05) is 84.9 Å². The first kappa shape index (κ1) is 48.3. The minimum absolute atomic E-state index is 0.525. The first-order chi connectivity index (χ1) is 40.7. The maximum Gasteiger partial charge on any atom is 0.144 e. The highest BCUT2D eigenvalue weighted by Gasteiger charge is 2.54. The second-order valence-electron chi connectivity index (χ2n) is 21.8. The maximum atomic E-state index is 13.3. The molecule has 1 spiro atoms. The molecule has 4 aromatic heterocycles. The van der Waals surface area contributed by atoms with E-state index in [2.05, 4.69) is 203 Å². The van der Waals surface area contributed by atoms with Crippen molar-refractivity contribution in [3.63, 3.8) is 0 Å². The lowest BCUT2D eigenvalue weighted by Gasteiger charge is -2.30. The summed E-state index contributed by atoms with van der Waals surface area (Å²) < 4.78 is 30.6. The Labute approximate surface area is 506 Å². The van der Waals surface area contributed by atoms with Crippen LogP contribution in [0.2, 0.25) is 0 Å². The number of furan rings is 4. The number of rotatable bonds is 2. The monoisotopic (exact) mass is 1320 g/mol. The van der Waals surface area contributed by atoms with Gasteiger partial charge in [-0.3, -0.25) is 0 Å². The zero-order chi connectivity index (χ0) is 55.2. The van der Waals surface area contributed by atoms with Gasteiger partial charge < -0.3 is 22.8 Å². The molecular weight excluding hydrogens is 1290 g/mol. The van der Waals surface area contributed by atoms with Crippen molar-refractivity contribution in [3.8, 4) is 44.5 Å². The molecule has 4 heterocycles. The van der Waals surface area contributed by atoms with Gasteiger partial charge in [-0.2, -0.15) is 0 Å². The second kappa shape index (κ2) is 17.4. The van der Waals surface area contributed by atoms with Crippen LogP contribution in [0.5, 0.6) is 0 Å². The van der Waals surface area contributed by atoms with Crippen LogP contribution < -0.4 is 0 Å². The fourth-order valence-electron chi connectivity index (χ4n) is 14.6. The van der Waals surface area contributed by atoms with E-state index in [1.54, 1.807) is 0 Å². The number of hydrogen-bond donors (Lipinski definition) is 1. The average molecular weight is 1330 g/mol. The van der Waals surface area contributed by atoms with Crippen LogP contribution in [0, 0.1) is 0 Å². The number of fused-ring (bicyclic) bond motifs is 29. The summed E-state index contributed by atoms with van der Waals surface area (Å²) in [4.78, 5) is 0. The summed E-state index contributed by atoms with van der Waals surface area (Å²) in [5.74, 6) is 0. The molecule has 0 fully saturated rings. The third-order valence-corrected chi connectivity index (χ3v) is 20.4. The number of para-hydroxylation sites is 4. The topological polar surface area (TPSA) is 72.8 Å². The van der Waals surface area contributed by atoms with Gasteiger partial charge in [0, 0.05) is 99.9 Å². The molecule has 0 bridgehead atoms. The molecule has 1 N–H and O–H groups in total. The Bertz CT molecular complexity index is 5250. The largest absolute Gasteiger partial charge is 0.455 e. The van der Waals surface area contributed by atoms with Gasteiger partial charge >= 0.3 is 0 Å². The molecule has 0 saturated carbocycles. The molecule has 0 saturated heterocycles. The Balaban J connectivity index is 0.000000127. The van der Waals surface area contributed by atoms with Crippen molar-refractivity contribution in [2.45, 2.75) is 11.0 Å². The summed E-state index contributed by atoms with van der Waals surface area (Å²) in [6.07, 6.45) is 0. The van der Waals surface area contributed by atoms with Crippen LogP contribution in [-0.2, 0) is 11.0 Å². The van der Waals surface area contributed by atoms with Gasteiger partial charge in [0.15, 0.2) is 0 Å². The van der Waals surface area contributed by atoms with Gasteiger partial charge in [-0.05, 0) is 125 Å². The maximum absolute atomic E-state index is 13.3. The Morgan fingerprint density at radius 3 is 0.952 bits per heavy atom. The average Bonchev–Trinajstić information content (AvgIpc) is 1.53. The molecule has 392 valence electrons. The van der Waals surface area contributed by atoms with Crippen molar-refractivity contribution in [1.82, 2.24) is 0 Å². The van der Waals surface area contributed by atoms with Crippen molar-refractivity contribution in [3.05, 3.63) is 281 Å². The summed E-state index contributed by atoms with van der Waals surface area (Å²) in [7, 11) is 0. The van der Waals surface area contributed by atoms with Gasteiger partial charge in [-0.1, -0.05) is 208 Å². The van der Waals surface area contributed by atoms with Crippen molar-refractivity contribution in [2.24, 2.45) is 0 Å². The lowest BCUT2D eigenvalue weighted by molar-refractivity contribution is 0.131. The zero-order valence-electron chi connectivity index (χ0n) is 43.5. The van der Waals surface area contributed by atoms with Crippen molar-refractivity contribution < 1.29 is 22.8 Å². The van der Waals surface area contributed by atoms with Crippen molar-refractivity contribution in [2.75, 3.05) is 0 Å². The van der Waals surface area contributed by atoms with E-state index in [-0.39, 0.29) is 0 Å². The first-order valence-corrected chi connectivity index (χ1v) is 30.5. The highest BCUT2D eigenvalue weighted by molar-refractivity contribution is 9.11. The molecule has 0 radical (unpaired) electrons. The number of halogens is 4. The van der Waals surface area contributed by atoms with E-state index < -0.39 is 11.0 Å². The molecule has 0 unspecified atom stereocenters. The standard InChI is InChI=1S/C37H20Br2O3.C37H18Br2O2/c38-27-18-25-33(35-31(27)22-13-5-8-16-29(22)41-35)34-26(19-28(39)32-23-14-6-9-17-30(23)42-36(32)34)37(25,40)24-15-7-4-12-21(24)20-10-2-1-3-11-20;38-27-17-25-33(35-31(27)21-11-3-7-15-29(21)40-35)34-26(18-28(39)32-22-12-4-8-16-30(22)41-36(32)34)37(25)23-13-5-1-9-19(23)20-10-2-6-14-24(20)37/h1-19,40H;1-18H. The quantitative estimate of drug-likeness (QED) is 0.187. The van der Waals surface area contributed by atoms with E-state index in [9.17, 15) is 5.11 Å². The Morgan fingerprint density at radius 1 is 0.277 bits per heavy atom. The predicted molar refractivity (Wildman–Crippen MR) is 349 cm³/mol. The molecule has 16 aromatic rings. The Hall–Kier alpha value is -8.28. The molecule has 5 nitrogen and oxygen atoms in total. The first-order valence-electron chi connectivity index (χ1n) is 27.4. The molecule has 83 heavy (non-hydrogen) atoms. The molecule has 0 atom stereocenters. The van der Waals surface area contributed by atoms with Crippen LogP contribution in [0.1, 0.15) is 38.9 Å². The van der Waals surface area contributed by atoms with Crippen molar-refractivity contribution >= 4 is 151 Å². The van der Waals surface area contributed by atoms with Crippen LogP contribution in [0.3, 0.4) is 0 Å². The number of benzene rings is 12. The van der Waals surface area contributed by atoms with Crippen LogP contribution >= 0.6 is 63.7 Å². The van der Waals surface area contributed by atoms with Crippen LogP contribution in [0.4, 0.5) is 0 Å². The van der Waals surface area contributed by atoms with E-state index in [0.717, 1.165) is 156 Å². The van der Waals surface area contributed by atoms with Gasteiger partial charge in [0.05, 0.1) is 5.41 Å². The molecule has 12 aromatic carbocycles. The van der Waals surface area contributed by atoms with Crippen molar-refractivity contribution in [1.29, 1.82) is 0 Å². The zero-order valence-corrected chi connectivity index (χ0v) is 49.8. The molecular formula is C74H38Br4O5. The van der Waals surface area contributed by atoms with Gasteiger partial charge in [-0.25, -0.2) is 0 Å². The fourth-order valence-corrected chi connectivity index (χ4v) is 17.1. The Morgan fingerprint density at radius 2 is 0.566 bits per heavy atom. The minimum Gasteiger partial charge on any atom is -0.455 e. The van der Waals surface area contributed by atoms with Crippen LogP contribution in [-0.4, -0.2) is 5.11 Å². The smallest absolute Gasteiger partial charge is 0.144 e. The molecule has 9 heteroatoms. The highest BCUT2D eigenvalue weighted by Crippen LogP contribution is 2.67. The van der Waals surface area contributed by atoms with E-state index in [4.69, 9.17) is 17.7 Å². The second-order valence-corrected chi connectivity index (χ2v) is 25.2. The van der Waals surface area contributed by atoms with Gasteiger partial charge in [-0.15, -0.1) is 0 Å². The predicted octanol–water partition coefficient (Wildman–Crippen LogP) is 22.3. The summed E-state index contributed by atoms with van der Waals surface area (Å²) in [5, 5.41) is 21.7. The van der Waals surface area contributed by atoms with E-state index in [0.29, 0.717) is 0 Å². The van der Waals surface area contributed by atoms with Crippen LogP contribution in [0.15, 0.2) is 260 Å². The molecule has 3 aliphatic rings. The normalized spacial score (nSPS) is 14.0. The number of aliphatic hydroxyl groups is 1. The van der Waals surface area contributed by atoms with E-state index >= 15 is 0 Å². The molecule has 3 aliphatic carbocycles. The molecule has 19 rings (SSSR count). The van der Waals surface area contributed by atoms with E-state index in [1.165, 1.54) is 33.4 Å². The lowest BCUT2D eigenvalue weighted by Crippen LogP contribution is -2.27. The van der Waals surface area contributed by atoms with Gasteiger partial charge in [0.2, 0.25) is 0 Å². The summed E-state index contributed by atoms with van der Waals surface area (Å²) >= 11 is 15.8. The summed E-state index contributed by atoms with van der Waals surface area (Å²) in [5.41, 5.74) is 20.3. The molecule has 0 amide bonds. The third kappa shape index (κ3) is 6.23. The summed E-state index contributed by atoms with van der Waals surface area (Å²) in [6.45, 7) is 0. The number of hydrogen-bond acceptors (Lipinski definition) is 5. The SMILES string of the molecule is Brc1cc2c(c3oc4ccccc4c13)-c1c(cc(Br)c3c1oc1ccccc13)C21c2ccccc2-c2ccccc21.OC1(c2ccccc2-c2ccccc2)c2cc(Br)c3c(oc4ccccc43)c2-c2c1cc(Br)c1c2oc2ccccc21. The third-order valence-electron chi connectivity index (χ3n) is 17.8. The fraction of sp³-hybridized carbons (Fsp3) is 0.0270. The molecule has 0 aliphatic heterocycles. The lowest BCUT2D eigenvalue weighted by atomic mass is 9.70. The minimum atomic E-state index is -1.50. The summed E-state index contributed by atoms with van der Waals surface area (Å²) in [6, 6.07) is 77.5.